The molecule has 1 aromatic heterocycles. The Hall–Kier alpha value is -1.01. The molecule has 0 spiro atoms. The van der Waals surface area contributed by atoms with Gasteiger partial charge in [0.2, 0.25) is 5.91 Å². The van der Waals surface area contributed by atoms with E-state index >= 15 is 0 Å². The molecule has 3 rings (SSSR count). The molecule has 102 valence electrons. The molecular formula is C13H17N3OS2. The number of thiazole rings is 1. The van der Waals surface area contributed by atoms with Gasteiger partial charge >= 0.3 is 0 Å². The second kappa shape index (κ2) is 4.52. The van der Waals surface area contributed by atoms with Crippen molar-refractivity contribution in [2.45, 2.75) is 39.0 Å². The highest BCUT2D eigenvalue weighted by Gasteiger charge is 2.51. The number of nitrogens with two attached hydrogens (primary N) is 1. The monoisotopic (exact) mass is 295 g/mol. The number of aryl methyl sites for hydroxylation is 2. The molecule has 1 aromatic rings. The molecule has 0 saturated heterocycles. The number of nitrogens with one attached hydrogen (secondary N) is 1. The summed E-state index contributed by atoms with van der Waals surface area (Å²) >= 11 is 6.68. The molecule has 6 heteroatoms. The van der Waals surface area contributed by atoms with Crippen LogP contribution in [-0.4, -0.2) is 15.9 Å². The van der Waals surface area contributed by atoms with E-state index in [1.807, 2.05) is 0 Å². The Morgan fingerprint density at radius 2 is 2.26 bits per heavy atom. The van der Waals surface area contributed by atoms with Crippen molar-refractivity contribution >= 4 is 39.6 Å². The molecule has 0 bridgehead atoms. The number of amides is 1. The van der Waals surface area contributed by atoms with Crippen LogP contribution in [0.2, 0.25) is 0 Å². The fourth-order valence-corrected chi connectivity index (χ4v) is 4.39. The molecule has 0 aromatic carbocycles. The summed E-state index contributed by atoms with van der Waals surface area (Å²) in [6.45, 7) is 2.11. The summed E-state index contributed by atoms with van der Waals surface area (Å²) in [4.78, 5) is 18.5. The number of rotatable bonds is 3. The average molecular weight is 295 g/mol. The smallest absolute Gasteiger partial charge is 0.239 e. The Morgan fingerprint density at radius 3 is 2.84 bits per heavy atom. The number of anilines is 1. The lowest BCUT2D eigenvalue weighted by atomic mass is 9.62. The highest BCUT2D eigenvalue weighted by atomic mass is 32.1. The van der Waals surface area contributed by atoms with Gasteiger partial charge < -0.3 is 11.1 Å². The fourth-order valence-electron chi connectivity index (χ4n) is 3.09. The van der Waals surface area contributed by atoms with Gasteiger partial charge in [-0.25, -0.2) is 4.98 Å². The summed E-state index contributed by atoms with van der Waals surface area (Å²) in [6.07, 6.45) is 4.79. The van der Waals surface area contributed by atoms with Gasteiger partial charge in [0.15, 0.2) is 5.13 Å². The Bertz CT molecular complexity index is 525. The van der Waals surface area contributed by atoms with Crippen LogP contribution in [0.4, 0.5) is 5.13 Å². The van der Waals surface area contributed by atoms with Crippen molar-refractivity contribution in [2.24, 2.45) is 17.1 Å². The number of thiocarbonyl (C=S) groups is 1. The van der Waals surface area contributed by atoms with E-state index in [1.165, 1.54) is 11.3 Å². The van der Waals surface area contributed by atoms with Crippen molar-refractivity contribution in [3.63, 3.8) is 0 Å². The van der Waals surface area contributed by atoms with Crippen molar-refractivity contribution in [1.29, 1.82) is 0 Å². The third-order valence-corrected chi connectivity index (χ3v) is 5.58. The van der Waals surface area contributed by atoms with E-state index in [1.54, 1.807) is 11.3 Å². The molecule has 0 radical (unpaired) electrons. The molecule has 1 saturated carbocycles. The molecule has 1 heterocycles. The highest BCUT2D eigenvalue weighted by molar-refractivity contribution is 7.80. The molecule has 2 aliphatic rings. The Balaban J connectivity index is 1.75. The maximum Gasteiger partial charge on any atom is 0.239 e. The summed E-state index contributed by atoms with van der Waals surface area (Å²) < 4.78 is 0. The first-order chi connectivity index (χ1) is 9.01. The summed E-state index contributed by atoms with van der Waals surface area (Å²) in [6, 6.07) is 0. The largest absolute Gasteiger partial charge is 0.392 e. The van der Waals surface area contributed by atoms with Gasteiger partial charge in [0, 0.05) is 4.88 Å². The predicted octanol–water partition coefficient (Wildman–Crippen LogP) is 2.27. The van der Waals surface area contributed by atoms with E-state index in [4.69, 9.17) is 18.0 Å². The summed E-state index contributed by atoms with van der Waals surface area (Å²) in [7, 11) is 0. The van der Waals surface area contributed by atoms with Crippen LogP contribution in [0.3, 0.4) is 0 Å². The SMILES string of the molecule is CC1CC(C(=O)Nc2nc3c(s2)CCC3)(C(N)=S)C1. The van der Waals surface area contributed by atoms with Crippen LogP contribution in [0, 0.1) is 11.3 Å². The molecule has 19 heavy (non-hydrogen) atoms. The minimum absolute atomic E-state index is 0.0782. The van der Waals surface area contributed by atoms with Crippen molar-refractivity contribution in [3.8, 4) is 0 Å². The number of nitrogens with zero attached hydrogens (tertiary/aromatic N) is 1. The first-order valence-electron chi connectivity index (χ1n) is 6.61. The van der Waals surface area contributed by atoms with Crippen LogP contribution in [0.1, 0.15) is 36.8 Å². The molecule has 3 N–H and O–H groups in total. The van der Waals surface area contributed by atoms with Crippen molar-refractivity contribution in [1.82, 2.24) is 4.98 Å². The van der Waals surface area contributed by atoms with E-state index in [9.17, 15) is 4.79 Å². The Labute approximate surface area is 121 Å². The molecule has 1 amide bonds. The topological polar surface area (TPSA) is 68.0 Å². The van der Waals surface area contributed by atoms with Crippen LogP contribution in [0.5, 0.6) is 0 Å². The van der Waals surface area contributed by atoms with Gasteiger partial charge in [0.05, 0.1) is 16.1 Å². The van der Waals surface area contributed by atoms with Gasteiger partial charge in [0.25, 0.3) is 0 Å². The molecule has 4 nitrogen and oxygen atoms in total. The van der Waals surface area contributed by atoms with Crippen LogP contribution < -0.4 is 11.1 Å². The standard InChI is InChI=1S/C13H17N3OS2/c1-7-5-13(6-7,10(14)18)11(17)16-12-15-8-3-2-4-9(8)19-12/h7H,2-6H2,1H3,(H2,14,18)(H,15,16,17). The van der Waals surface area contributed by atoms with Gasteiger partial charge in [-0.1, -0.05) is 19.1 Å². The zero-order chi connectivity index (χ0) is 13.6. The molecule has 0 unspecified atom stereocenters. The zero-order valence-corrected chi connectivity index (χ0v) is 12.5. The lowest BCUT2D eigenvalue weighted by molar-refractivity contribution is -0.127. The van der Waals surface area contributed by atoms with Crippen LogP contribution in [-0.2, 0) is 17.6 Å². The fraction of sp³-hybridized carbons (Fsp3) is 0.615. The predicted molar refractivity (Wildman–Crippen MR) is 80.4 cm³/mol. The van der Waals surface area contributed by atoms with Crippen molar-refractivity contribution < 1.29 is 4.79 Å². The number of aromatic nitrogens is 1. The van der Waals surface area contributed by atoms with Crippen LogP contribution in [0.25, 0.3) is 0 Å². The first-order valence-corrected chi connectivity index (χ1v) is 7.84. The number of carbonyl (C=O) groups is 1. The number of fused-ring (bicyclic) bond motifs is 1. The van der Waals surface area contributed by atoms with Crippen LogP contribution in [0.15, 0.2) is 0 Å². The van der Waals surface area contributed by atoms with Gasteiger partial charge in [-0.05, 0) is 38.0 Å². The Kier molecular flexibility index (Phi) is 3.09. The lowest BCUT2D eigenvalue weighted by Crippen LogP contribution is -2.53. The zero-order valence-electron chi connectivity index (χ0n) is 10.9. The number of hydrogen-bond acceptors (Lipinski definition) is 4. The maximum atomic E-state index is 12.4. The van der Waals surface area contributed by atoms with Crippen LogP contribution >= 0.6 is 23.6 Å². The molecule has 2 aliphatic carbocycles. The minimum Gasteiger partial charge on any atom is -0.392 e. The van der Waals surface area contributed by atoms with Gasteiger partial charge in [-0.2, -0.15) is 0 Å². The van der Waals surface area contributed by atoms with E-state index in [2.05, 4.69) is 17.2 Å². The molecule has 1 fully saturated rings. The summed E-state index contributed by atoms with van der Waals surface area (Å²) in [5.74, 6) is 0.430. The highest BCUT2D eigenvalue weighted by Crippen LogP contribution is 2.46. The first kappa shape index (κ1) is 13.0. The summed E-state index contributed by atoms with van der Waals surface area (Å²) in [5.41, 5.74) is 6.27. The van der Waals surface area contributed by atoms with Gasteiger partial charge in [0.1, 0.15) is 0 Å². The second-order valence-corrected chi connectivity index (χ2v) is 7.18. The number of carbonyl (C=O) groups excluding carboxylic acids is 1. The molecular weight excluding hydrogens is 278 g/mol. The minimum atomic E-state index is -0.648. The van der Waals surface area contributed by atoms with Crippen molar-refractivity contribution in [2.75, 3.05) is 5.32 Å². The van der Waals surface area contributed by atoms with E-state index < -0.39 is 5.41 Å². The summed E-state index contributed by atoms with van der Waals surface area (Å²) in [5, 5.41) is 3.62. The van der Waals surface area contributed by atoms with E-state index in [0.717, 1.165) is 31.4 Å². The maximum absolute atomic E-state index is 12.4. The van der Waals surface area contributed by atoms with Gasteiger partial charge in [-0.3, -0.25) is 4.79 Å². The quantitative estimate of drug-likeness (QED) is 0.839. The Morgan fingerprint density at radius 1 is 1.53 bits per heavy atom. The number of hydrogen-bond donors (Lipinski definition) is 2. The third kappa shape index (κ3) is 2.07. The van der Waals surface area contributed by atoms with Gasteiger partial charge in [-0.15, -0.1) is 11.3 Å². The second-order valence-electron chi connectivity index (χ2n) is 5.66. The van der Waals surface area contributed by atoms with E-state index in [0.29, 0.717) is 16.0 Å². The molecule has 0 aliphatic heterocycles. The normalized spacial score (nSPS) is 28.6. The van der Waals surface area contributed by atoms with Crippen molar-refractivity contribution in [3.05, 3.63) is 10.6 Å². The lowest BCUT2D eigenvalue weighted by Gasteiger charge is -2.43. The molecule has 0 atom stereocenters. The van der Waals surface area contributed by atoms with E-state index in [-0.39, 0.29) is 5.91 Å². The average Bonchev–Trinajstić information content (AvgIpc) is 2.83. The third-order valence-electron chi connectivity index (χ3n) is 4.12.